The molecule has 0 amide bonds. The van der Waals surface area contributed by atoms with Gasteiger partial charge in [0.15, 0.2) is 11.5 Å². The van der Waals surface area contributed by atoms with Crippen LogP contribution in [0.3, 0.4) is 0 Å². The fourth-order valence-corrected chi connectivity index (χ4v) is 2.50. The highest BCUT2D eigenvalue weighted by atomic mass is 79.9. The fraction of sp³-hybridized carbons (Fsp3) is 0.500. The molecule has 0 aromatic heterocycles. The number of ether oxygens (including phenoxy) is 2. The zero-order chi connectivity index (χ0) is 15.1. The van der Waals surface area contributed by atoms with E-state index in [0.717, 1.165) is 10.0 Å². The monoisotopic (exact) mass is 345 g/mol. The van der Waals surface area contributed by atoms with E-state index in [9.17, 15) is 4.79 Å². The van der Waals surface area contributed by atoms with E-state index in [1.54, 1.807) is 7.11 Å². The van der Waals surface area contributed by atoms with Crippen LogP contribution in [0.25, 0.3) is 0 Å². The molecule has 0 atom stereocenters. The van der Waals surface area contributed by atoms with Crippen LogP contribution in [0.2, 0.25) is 0 Å². The number of hydrogen-bond acceptors (Lipinski definition) is 4. The molecule has 0 aliphatic rings. The Bertz CT molecular complexity index is 465. The van der Waals surface area contributed by atoms with Gasteiger partial charge in [0, 0.05) is 13.1 Å². The molecule has 0 aliphatic carbocycles. The van der Waals surface area contributed by atoms with Crippen molar-refractivity contribution < 1.29 is 19.4 Å². The molecule has 5 nitrogen and oxygen atoms in total. The van der Waals surface area contributed by atoms with E-state index in [0.29, 0.717) is 31.2 Å². The lowest BCUT2D eigenvalue weighted by Gasteiger charge is -2.18. The summed E-state index contributed by atoms with van der Waals surface area (Å²) in [6.07, 6.45) is 0.131. The second-order valence-electron chi connectivity index (χ2n) is 4.42. The number of benzene rings is 1. The van der Waals surface area contributed by atoms with E-state index >= 15 is 0 Å². The number of nitrogens with zero attached hydrogens (tertiary/aromatic N) is 1. The number of halogens is 1. The summed E-state index contributed by atoms with van der Waals surface area (Å²) in [6.45, 7) is 3.62. The number of carboxylic acid groups (broad SMARTS) is 1. The molecule has 1 N–H and O–H groups in total. The highest BCUT2D eigenvalue weighted by molar-refractivity contribution is 9.10. The maximum Gasteiger partial charge on any atom is 0.304 e. The summed E-state index contributed by atoms with van der Waals surface area (Å²) in [5.41, 5.74) is 1.04. The summed E-state index contributed by atoms with van der Waals surface area (Å²) < 4.78 is 11.7. The minimum absolute atomic E-state index is 0.131. The minimum Gasteiger partial charge on any atom is -0.492 e. The van der Waals surface area contributed by atoms with Crippen LogP contribution in [0.5, 0.6) is 11.5 Å². The summed E-state index contributed by atoms with van der Waals surface area (Å²) >= 11 is 3.46. The number of carbonyl (C=O) groups is 1. The van der Waals surface area contributed by atoms with Gasteiger partial charge in [0.25, 0.3) is 0 Å². The Labute approximate surface area is 127 Å². The van der Waals surface area contributed by atoms with Crippen molar-refractivity contribution in [1.29, 1.82) is 0 Å². The van der Waals surface area contributed by atoms with Gasteiger partial charge in [-0.2, -0.15) is 0 Å². The van der Waals surface area contributed by atoms with Gasteiger partial charge in [-0.05, 0) is 47.6 Å². The first-order chi connectivity index (χ1) is 9.47. The third-order valence-electron chi connectivity index (χ3n) is 2.73. The van der Waals surface area contributed by atoms with Gasteiger partial charge in [-0.25, -0.2) is 0 Å². The Hall–Kier alpha value is -1.27. The van der Waals surface area contributed by atoms with Gasteiger partial charge in [-0.3, -0.25) is 4.79 Å². The van der Waals surface area contributed by atoms with E-state index < -0.39 is 5.97 Å². The number of aliphatic carboxylic acids is 1. The average molecular weight is 346 g/mol. The minimum atomic E-state index is -0.789. The number of hydrogen-bond donors (Lipinski definition) is 1. The van der Waals surface area contributed by atoms with Gasteiger partial charge >= 0.3 is 5.97 Å². The molecular weight excluding hydrogens is 326 g/mol. The zero-order valence-corrected chi connectivity index (χ0v) is 13.6. The Morgan fingerprint density at radius 1 is 1.45 bits per heavy atom. The molecule has 1 rings (SSSR count). The normalized spacial score (nSPS) is 10.7. The zero-order valence-electron chi connectivity index (χ0n) is 12.0. The molecule has 0 saturated carbocycles. The third-order valence-corrected chi connectivity index (χ3v) is 3.32. The highest BCUT2D eigenvalue weighted by Gasteiger charge is 2.12. The topological polar surface area (TPSA) is 59.0 Å². The first kappa shape index (κ1) is 16.8. The molecule has 0 saturated heterocycles. The summed E-state index contributed by atoms with van der Waals surface area (Å²) in [7, 11) is 3.49. The van der Waals surface area contributed by atoms with Crippen molar-refractivity contribution in [2.24, 2.45) is 0 Å². The van der Waals surface area contributed by atoms with Crippen molar-refractivity contribution in [3.8, 4) is 11.5 Å². The van der Waals surface area contributed by atoms with E-state index in [-0.39, 0.29) is 6.42 Å². The van der Waals surface area contributed by atoms with Gasteiger partial charge < -0.3 is 19.5 Å². The van der Waals surface area contributed by atoms with Crippen molar-refractivity contribution in [3.05, 3.63) is 22.2 Å². The molecule has 0 unspecified atom stereocenters. The number of rotatable bonds is 8. The second-order valence-corrected chi connectivity index (χ2v) is 5.28. The van der Waals surface area contributed by atoms with Crippen molar-refractivity contribution in [3.63, 3.8) is 0 Å². The van der Waals surface area contributed by atoms with Crippen LogP contribution in [-0.4, -0.2) is 43.3 Å². The molecule has 0 heterocycles. The first-order valence-electron chi connectivity index (χ1n) is 6.37. The van der Waals surface area contributed by atoms with Crippen LogP contribution in [0.15, 0.2) is 16.6 Å². The maximum absolute atomic E-state index is 10.6. The first-order valence-corrected chi connectivity index (χ1v) is 7.16. The summed E-state index contributed by atoms with van der Waals surface area (Å²) in [5.74, 6) is 0.567. The lowest BCUT2D eigenvalue weighted by molar-refractivity contribution is -0.137. The van der Waals surface area contributed by atoms with Crippen LogP contribution < -0.4 is 9.47 Å². The second kappa shape index (κ2) is 8.11. The Kier molecular flexibility index (Phi) is 6.81. The molecule has 6 heteroatoms. The molecule has 112 valence electrons. The van der Waals surface area contributed by atoms with Crippen molar-refractivity contribution in [2.45, 2.75) is 19.9 Å². The van der Waals surface area contributed by atoms with Crippen LogP contribution in [0.1, 0.15) is 18.9 Å². The van der Waals surface area contributed by atoms with E-state index in [1.807, 2.05) is 31.0 Å². The smallest absolute Gasteiger partial charge is 0.304 e. The van der Waals surface area contributed by atoms with Crippen molar-refractivity contribution in [1.82, 2.24) is 4.90 Å². The van der Waals surface area contributed by atoms with Gasteiger partial charge in [0.2, 0.25) is 0 Å². The Balaban J connectivity index is 2.82. The Morgan fingerprint density at radius 2 is 2.15 bits per heavy atom. The van der Waals surface area contributed by atoms with Crippen LogP contribution in [-0.2, 0) is 11.3 Å². The molecule has 1 aromatic carbocycles. The van der Waals surface area contributed by atoms with Crippen molar-refractivity contribution in [2.75, 3.05) is 27.3 Å². The van der Waals surface area contributed by atoms with Gasteiger partial charge in [-0.1, -0.05) is 0 Å². The largest absolute Gasteiger partial charge is 0.492 e. The summed E-state index contributed by atoms with van der Waals surface area (Å²) in [6, 6.07) is 3.88. The van der Waals surface area contributed by atoms with E-state index in [4.69, 9.17) is 14.6 Å². The highest BCUT2D eigenvalue weighted by Crippen LogP contribution is 2.36. The molecule has 20 heavy (non-hydrogen) atoms. The molecule has 0 aliphatic heterocycles. The number of carboxylic acids is 1. The standard InChI is InChI=1S/C14H20BrNO4/c1-4-20-12-8-10(7-11(15)14(12)19-3)9-16(2)6-5-13(17)18/h7-8H,4-6,9H2,1-3H3,(H,17,18). The molecule has 0 bridgehead atoms. The van der Waals surface area contributed by atoms with Gasteiger partial charge in [0.1, 0.15) is 0 Å². The van der Waals surface area contributed by atoms with E-state index in [2.05, 4.69) is 15.9 Å². The van der Waals surface area contributed by atoms with Crippen LogP contribution in [0, 0.1) is 0 Å². The predicted octanol–water partition coefficient (Wildman–Crippen LogP) is 2.76. The molecule has 0 fully saturated rings. The summed E-state index contributed by atoms with van der Waals surface area (Å²) in [5, 5.41) is 8.68. The van der Waals surface area contributed by atoms with Crippen LogP contribution >= 0.6 is 15.9 Å². The lowest BCUT2D eigenvalue weighted by atomic mass is 10.2. The average Bonchev–Trinajstić information content (AvgIpc) is 2.36. The van der Waals surface area contributed by atoms with Gasteiger partial charge in [-0.15, -0.1) is 0 Å². The lowest BCUT2D eigenvalue weighted by Crippen LogP contribution is -2.21. The number of methoxy groups -OCH3 is 1. The summed E-state index contributed by atoms with van der Waals surface area (Å²) in [4.78, 5) is 12.5. The quantitative estimate of drug-likeness (QED) is 0.784. The third kappa shape index (κ3) is 5.02. The van der Waals surface area contributed by atoms with Gasteiger partial charge in [0.05, 0.1) is 24.6 Å². The fourth-order valence-electron chi connectivity index (χ4n) is 1.85. The Morgan fingerprint density at radius 3 is 2.70 bits per heavy atom. The molecular formula is C14H20BrNO4. The maximum atomic E-state index is 10.6. The predicted molar refractivity (Wildman–Crippen MR) is 80.4 cm³/mol. The molecule has 0 radical (unpaired) electrons. The SMILES string of the molecule is CCOc1cc(CN(C)CCC(=O)O)cc(Br)c1OC. The van der Waals surface area contributed by atoms with E-state index in [1.165, 1.54) is 0 Å². The van der Waals surface area contributed by atoms with Crippen molar-refractivity contribution >= 4 is 21.9 Å². The van der Waals surface area contributed by atoms with Crippen LogP contribution in [0.4, 0.5) is 0 Å². The molecule has 0 spiro atoms. The molecule has 1 aromatic rings.